The lowest BCUT2D eigenvalue weighted by molar-refractivity contribution is -0.133. The summed E-state index contributed by atoms with van der Waals surface area (Å²) < 4.78 is 89.1. The van der Waals surface area contributed by atoms with Crippen LogP contribution in [0, 0.1) is 0 Å². The zero-order valence-electron chi connectivity index (χ0n) is 27.6. The van der Waals surface area contributed by atoms with Crippen molar-refractivity contribution in [2.45, 2.75) is 62.1 Å². The fourth-order valence-corrected chi connectivity index (χ4v) is 7.27. The van der Waals surface area contributed by atoms with E-state index in [4.69, 9.17) is 5.73 Å². The Morgan fingerprint density at radius 1 is 1.00 bits per heavy atom. The number of benzene rings is 3. The number of halogens is 4. The summed E-state index contributed by atoms with van der Waals surface area (Å²) in [5.74, 6) is -1.79. The topological polar surface area (TPSA) is 164 Å². The summed E-state index contributed by atoms with van der Waals surface area (Å²) in [6, 6.07) is 11.8. The maximum atomic E-state index is 14.7. The predicted octanol–water partition coefficient (Wildman–Crippen LogP) is 6.83. The maximum absolute atomic E-state index is 14.7. The normalized spacial score (nSPS) is 15.4. The van der Waals surface area contributed by atoms with E-state index in [0.717, 1.165) is 17.0 Å². The van der Waals surface area contributed by atoms with Gasteiger partial charge in [-0.1, -0.05) is 6.07 Å². The standard InChI is InChI=1S/C34H35F4N5O7S/c1-18(2)51(47,48)28-11-8-22(42(3)34(45)46)17-24(28)25-5-4-14-43(25)31(44)29(41-21-7-9-23-19(15-21)12-13-40-30(23)39)20-6-10-26(49-32(35)36)27(16-20)50-33(37)38/h6-13,15-18,25,29,32-33,41H,4-5,14H2,1-3H3,(H2,39,40)(H,45,46)/t25-,29-/m1/s1. The number of nitrogens with one attached hydrogen (secondary N) is 1. The smallest absolute Gasteiger partial charge is 0.411 e. The Morgan fingerprint density at radius 3 is 2.37 bits per heavy atom. The van der Waals surface area contributed by atoms with Crippen LogP contribution < -0.4 is 25.4 Å². The number of anilines is 3. The number of amides is 2. The van der Waals surface area contributed by atoms with Crippen molar-refractivity contribution >= 4 is 49.8 Å². The SMILES string of the molecule is CC(C)S(=O)(=O)c1ccc(N(C)C(=O)O)cc1[C@H]1CCCN1C(=O)[C@H](Nc1ccc2c(N)nccc2c1)c1ccc(OC(F)F)c(OC(F)F)c1. The largest absolute Gasteiger partial charge is 0.465 e. The number of hydrogen-bond donors (Lipinski definition) is 3. The van der Waals surface area contributed by atoms with Crippen LogP contribution in [-0.2, 0) is 14.6 Å². The number of sulfone groups is 1. The van der Waals surface area contributed by atoms with Gasteiger partial charge in [-0.05, 0) is 97.8 Å². The van der Waals surface area contributed by atoms with Gasteiger partial charge >= 0.3 is 19.3 Å². The van der Waals surface area contributed by atoms with E-state index in [9.17, 15) is 40.7 Å². The molecule has 0 radical (unpaired) electrons. The third kappa shape index (κ3) is 7.87. The predicted molar refractivity (Wildman–Crippen MR) is 181 cm³/mol. The Kier molecular flexibility index (Phi) is 10.8. The van der Waals surface area contributed by atoms with Gasteiger partial charge in [-0.15, -0.1) is 0 Å². The first-order valence-electron chi connectivity index (χ1n) is 15.7. The van der Waals surface area contributed by atoms with Crippen molar-refractivity contribution in [1.82, 2.24) is 9.88 Å². The molecule has 0 saturated carbocycles. The number of fused-ring (bicyclic) bond motifs is 1. The van der Waals surface area contributed by atoms with Crippen LogP contribution in [0.15, 0.2) is 71.8 Å². The molecule has 1 aliphatic heterocycles. The second kappa shape index (κ2) is 14.9. The fraction of sp³-hybridized carbons (Fsp3) is 0.324. The molecule has 3 aromatic carbocycles. The van der Waals surface area contributed by atoms with E-state index in [0.29, 0.717) is 29.3 Å². The van der Waals surface area contributed by atoms with Crippen LogP contribution in [0.4, 0.5) is 39.5 Å². The van der Waals surface area contributed by atoms with Crippen LogP contribution in [0.1, 0.15) is 49.9 Å². The van der Waals surface area contributed by atoms with E-state index in [1.54, 1.807) is 24.3 Å². The highest BCUT2D eigenvalue weighted by molar-refractivity contribution is 7.92. The number of nitrogens with two attached hydrogens (primary N) is 1. The molecule has 0 aliphatic carbocycles. The summed E-state index contributed by atoms with van der Waals surface area (Å²) in [6.07, 6.45) is 0.945. The van der Waals surface area contributed by atoms with Gasteiger partial charge in [-0.3, -0.25) is 9.69 Å². The maximum Gasteiger partial charge on any atom is 0.411 e. The molecule has 0 spiro atoms. The molecule has 0 bridgehead atoms. The average Bonchev–Trinajstić information content (AvgIpc) is 3.57. The number of carboxylic acid groups (broad SMARTS) is 1. The minimum absolute atomic E-state index is 0.0339. The lowest BCUT2D eigenvalue weighted by atomic mass is 10.00. The molecule has 1 fully saturated rings. The van der Waals surface area contributed by atoms with Crippen LogP contribution in [0.5, 0.6) is 11.5 Å². The summed E-state index contributed by atoms with van der Waals surface area (Å²) in [7, 11) is -2.64. The quantitative estimate of drug-likeness (QED) is 0.132. The van der Waals surface area contributed by atoms with E-state index in [1.807, 2.05) is 0 Å². The summed E-state index contributed by atoms with van der Waals surface area (Å²) in [5.41, 5.74) is 6.80. The number of carbonyl (C=O) groups is 2. The van der Waals surface area contributed by atoms with Crippen LogP contribution >= 0.6 is 0 Å². The Morgan fingerprint density at radius 2 is 1.71 bits per heavy atom. The highest BCUT2D eigenvalue weighted by Crippen LogP contribution is 2.42. The minimum atomic E-state index is -3.93. The van der Waals surface area contributed by atoms with E-state index in [2.05, 4.69) is 19.8 Å². The number of nitrogen functional groups attached to an aromatic ring is 1. The molecule has 2 amide bonds. The zero-order valence-corrected chi connectivity index (χ0v) is 28.4. The van der Waals surface area contributed by atoms with Crippen molar-refractivity contribution in [3.8, 4) is 11.5 Å². The van der Waals surface area contributed by atoms with Gasteiger partial charge in [0.1, 0.15) is 11.9 Å². The molecule has 12 nitrogen and oxygen atoms in total. The summed E-state index contributed by atoms with van der Waals surface area (Å²) >= 11 is 0. The van der Waals surface area contributed by atoms with E-state index in [1.165, 1.54) is 56.3 Å². The molecule has 1 saturated heterocycles. The fourth-order valence-electron chi connectivity index (χ4n) is 5.98. The molecule has 1 aromatic heterocycles. The lowest BCUT2D eigenvalue weighted by Gasteiger charge is -2.32. The number of nitrogens with zero attached hydrogens (tertiary/aromatic N) is 3. The van der Waals surface area contributed by atoms with Crippen LogP contribution in [0.25, 0.3) is 10.8 Å². The zero-order chi connectivity index (χ0) is 37.2. The molecule has 17 heteroatoms. The monoisotopic (exact) mass is 733 g/mol. The Hall–Kier alpha value is -5.32. The number of carbonyl (C=O) groups excluding carboxylic acids is 1. The van der Waals surface area contributed by atoms with Gasteiger partial charge in [-0.25, -0.2) is 18.2 Å². The number of aromatic nitrogens is 1. The van der Waals surface area contributed by atoms with Crippen LogP contribution in [-0.4, -0.2) is 67.5 Å². The number of hydrogen-bond acceptors (Lipinski definition) is 9. The number of likely N-dealkylation sites (tertiary alicyclic amines) is 1. The number of pyridine rings is 1. The molecule has 0 unspecified atom stereocenters. The molecular weight excluding hydrogens is 698 g/mol. The second-order valence-corrected chi connectivity index (χ2v) is 14.5. The van der Waals surface area contributed by atoms with Gasteiger partial charge in [0.25, 0.3) is 0 Å². The highest BCUT2D eigenvalue weighted by atomic mass is 32.2. The van der Waals surface area contributed by atoms with Gasteiger partial charge in [-0.2, -0.15) is 17.6 Å². The summed E-state index contributed by atoms with van der Waals surface area (Å²) in [5, 5.41) is 13.2. The molecule has 272 valence electrons. The molecule has 51 heavy (non-hydrogen) atoms. The lowest BCUT2D eigenvalue weighted by Crippen LogP contribution is -2.38. The Balaban J connectivity index is 1.64. The van der Waals surface area contributed by atoms with Crippen molar-refractivity contribution in [3.63, 3.8) is 0 Å². The first-order valence-corrected chi connectivity index (χ1v) is 17.2. The number of alkyl halides is 4. The van der Waals surface area contributed by atoms with Crippen molar-refractivity contribution in [2.75, 3.05) is 29.5 Å². The van der Waals surface area contributed by atoms with Crippen molar-refractivity contribution < 1.29 is 50.1 Å². The van der Waals surface area contributed by atoms with E-state index < -0.39 is 63.9 Å². The van der Waals surface area contributed by atoms with Gasteiger partial charge in [0, 0.05) is 36.6 Å². The summed E-state index contributed by atoms with van der Waals surface area (Å²) in [6.45, 7) is -3.62. The molecule has 4 aromatic rings. The van der Waals surface area contributed by atoms with Crippen molar-refractivity contribution in [3.05, 3.63) is 78.0 Å². The molecule has 2 atom stereocenters. The number of rotatable bonds is 12. The van der Waals surface area contributed by atoms with Gasteiger partial charge < -0.3 is 30.5 Å². The average molecular weight is 734 g/mol. The van der Waals surface area contributed by atoms with Crippen molar-refractivity contribution in [1.29, 1.82) is 0 Å². The minimum Gasteiger partial charge on any atom is -0.465 e. The van der Waals surface area contributed by atoms with Crippen LogP contribution in [0.3, 0.4) is 0 Å². The molecule has 5 rings (SSSR count). The molecule has 2 heterocycles. The molecule has 4 N–H and O–H groups in total. The van der Waals surface area contributed by atoms with Crippen LogP contribution in [0.2, 0.25) is 0 Å². The Labute approximate surface area is 290 Å². The second-order valence-electron chi connectivity index (χ2n) is 12.0. The molecule has 1 aliphatic rings. The van der Waals surface area contributed by atoms with Gasteiger partial charge in [0.2, 0.25) is 5.91 Å². The summed E-state index contributed by atoms with van der Waals surface area (Å²) in [4.78, 5) is 32.9. The van der Waals surface area contributed by atoms with E-state index >= 15 is 0 Å². The first kappa shape index (κ1) is 36.9. The van der Waals surface area contributed by atoms with Gasteiger partial charge in [0.05, 0.1) is 16.2 Å². The molecular formula is C34H35F4N5O7S. The Bertz CT molecular complexity index is 2050. The first-order chi connectivity index (χ1) is 24.1. The number of ether oxygens (including phenoxy) is 2. The third-order valence-corrected chi connectivity index (χ3v) is 10.8. The van der Waals surface area contributed by atoms with Gasteiger partial charge in [0.15, 0.2) is 21.3 Å². The highest BCUT2D eigenvalue weighted by Gasteiger charge is 2.38. The third-order valence-electron chi connectivity index (χ3n) is 8.58. The van der Waals surface area contributed by atoms with E-state index in [-0.39, 0.29) is 34.1 Å². The van der Waals surface area contributed by atoms with Crippen molar-refractivity contribution in [2.24, 2.45) is 0 Å².